The van der Waals surface area contributed by atoms with Gasteiger partial charge in [0, 0.05) is 32.7 Å². The van der Waals surface area contributed by atoms with Crippen molar-refractivity contribution in [2.24, 2.45) is 4.99 Å². The van der Waals surface area contributed by atoms with Crippen LogP contribution in [0, 0.1) is 0 Å². The van der Waals surface area contributed by atoms with Crippen molar-refractivity contribution in [3.63, 3.8) is 0 Å². The van der Waals surface area contributed by atoms with Gasteiger partial charge in [0.2, 0.25) is 5.91 Å². The number of carbonyl (C=O) groups is 2. The van der Waals surface area contributed by atoms with Gasteiger partial charge in [0.15, 0.2) is 5.96 Å². The summed E-state index contributed by atoms with van der Waals surface area (Å²) in [7, 11) is 1.72. The Morgan fingerprint density at radius 3 is 2.86 bits per heavy atom. The van der Waals surface area contributed by atoms with Gasteiger partial charge in [0.25, 0.3) is 0 Å². The molecule has 3 N–H and O–H groups in total. The quantitative estimate of drug-likeness (QED) is 0.339. The van der Waals surface area contributed by atoms with Crippen LogP contribution in [-0.4, -0.2) is 80.1 Å². The molecule has 2 rings (SSSR count). The zero-order valence-corrected chi connectivity index (χ0v) is 13.4. The van der Waals surface area contributed by atoms with Crippen molar-refractivity contribution in [2.75, 3.05) is 46.3 Å². The molecule has 8 heteroatoms. The number of hydrogen-bond acceptors (Lipinski definition) is 4. The number of nitrogens with zero attached hydrogens (tertiary/aromatic N) is 3. The van der Waals surface area contributed by atoms with E-state index in [1.807, 2.05) is 0 Å². The second kappa shape index (κ2) is 7.98. The average molecular weight is 310 g/mol. The highest BCUT2D eigenvalue weighted by atomic mass is 16.2. The minimum atomic E-state index is -0.320. The van der Waals surface area contributed by atoms with E-state index >= 15 is 0 Å². The summed E-state index contributed by atoms with van der Waals surface area (Å²) in [6, 6.07) is 0.230. The molecule has 2 fully saturated rings. The van der Waals surface area contributed by atoms with Crippen molar-refractivity contribution in [1.29, 1.82) is 0 Å². The van der Waals surface area contributed by atoms with Crippen LogP contribution in [-0.2, 0) is 4.79 Å². The molecule has 0 saturated carbocycles. The SMILES string of the molecule is CCN1CCCC1CNC(=NC)NCCN1C(=O)CNC1=O. The molecule has 0 bridgehead atoms. The Labute approximate surface area is 131 Å². The molecule has 2 saturated heterocycles. The van der Waals surface area contributed by atoms with Gasteiger partial charge >= 0.3 is 6.03 Å². The van der Waals surface area contributed by atoms with Crippen LogP contribution < -0.4 is 16.0 Å². The first-order valence-electron chi connectivity index (χ1n) is 7.92. The van der Waals surface area contributed by atoms with Crippen molar-refractivity contribution in [1.82, 2.24) is 25.8 Å². The fraction of sp³-hybridized carbons (Fsp3) is 0.786. The second-order valence-corrected chi connectivity index (χ2v) is 5.51. The molecular formula is C14H26N6O2. The van der Waals surface area contributed by atoms with E-state index in [1.165, 1.54) is 24.3 Å². The van der Waals surface area contributed by atoms with E-state index in [4.69, 9.17) is 0 Å². The molecule has 2 heterocycles. The van der Waals surface area contributed by atoms with Gasteiger partial charge < -0.3 is 16.0 Å². The lowest BCUT2D eigenvalue weighted by Gasteiger charge is -2.24. The first-order chi connectivity index (χ1) is 10.7. The van der Waals surface area contributed by atoms with Crippen LogP contribution in [0.5, 0.6) is 0 Å². The van der Waals surface area contributed by atoms with Crippen LogP contribution in [0.15, 0.2) is 4.99 Å². The van der Waals surface area contributed by atoms with Gasteiger partial charge in [-0.2, -0.15) is 0 Å². The molecular weight excluding hydrogens is 284 g/mol. The van der Waals surface area contributed by atoms with E-state index in [2.05, 4.69) is 32.8 Å². The summed E-state index contributed by atoms with van der Waals surface area (Å²) in [5.74, 6) is 0.522. The molecule has 22 heavy (non-hydrogen) atoms. The second-order valence-electron chi connectivity index (χ2n) is 5.51. The smallest absolute Gasteiger partial charge is 0.324 e. The van der Waals surface area contributed by atoms with E-state index in [9.17, 15) is 9.59 Å². The summed E-state index contributed by atoms with van der Waals surface area (Å²) in [6.45, 7) is 6.21. The fourth-order valence-electron chi connectivity index (χ4n) is 2.95. The molecule has 1 atom stereocenters. The van der Waals surface area contributed by atoms with Crippen molar-refractivity contribution < 1.29 is 9.59 Å². The predicted octanol–water partition coefficient (Wildman–Crippen LogP) is -0.812. The molecule has 8 nitrogen and oxygen atoms in total. The van der Waals surface area contributed by atoms with Gasteiger partial charge in [-0.05, 0) is 25.9 Å². The first kappa shape index (κ1) is 16.5. The Bertz CT molecular complexity index is 423. The number of likely N-dealkylation sites (N-methyl/N-ethyl adjacent to an activating group) is 1. The molecule has 3 amide bonds. The maximum atomic E-state index is 11.5. The van der Waals surface area contributed by atoms with E-state index in [0.717, 1.165) is 13.1 Å². The van der Waals surface area contributed by atoms with Crippen LogP contribution in [0.2, 0.25) is 0 Å². The van der Waals surface area contributed by atoms with Gasteiger partial charge in [-0.25, -0.2) is 4.79 Å². The molecule has 0 spiro atoms. The number of aliphatic imine (C=N–C) groups is 1. The summed E-state index contributed by atoms with van der Waals surface area (Å²) in [5, 5.41) is 8.96. The number of hydrogen-bond donors (Lipinski definition) is 3. The van der Waals surface area contributed by atoms with Crippen LogP contribution in [0.25, 0.3) is 0 Å². The van der Waals surface area contributed by atoms with Gasteiger partial charge in [-0.1, -0.05) is 6.92 Å². The minimum Gasteiger partial charge on any atom is -0.355 e. The lowest BCUT2D eigenvalue weighted by molar-refractivity contribution is -0.124. The molecule has 0 aliphatic carbocycles. The van der Waals surface area contributed by atoms with Crippen LogP contribution in [0.4, 0.5) is 4.79 Å². The van der Waals surface area contributed by atoms with Crippen LogP contribution in [0.1, 0.15) is 19.8 Å². The number of nitrogens with one attached hydrogen (secondary N) is 3. The molecule has 1 unspecified atom stereocenters. The summed E-state index contributed by atoms with van der Waals surface area (Å²) >= 11 is 0. The zero-order valence-electron chi connectivity index (χ0n) is 13.4. The molecule has 0 radical (unpaired) electrons. The van der Waals surface area contributed by atoms with Gasteiger partial charge in [-0.3, -0.25) is 19.6 Å². The summed E-state index contributed by atoms with van der Waals surface area (Å²) < 4.78 is 0. The summed E-state index contributed by atoms with van der Waals surface area (Å²) in [5.41, 5.74) is 0. The molecule has 124 valence electrons. The first-order valence-corrected chi connectivity index (χ1v) is 7.92. The van der Waals surface area contributed by atoms with Crippen molar-refractivity contribution in [2.45, 2.75) is 25.8 Å². The normalized spacial score (nSPS) is 23.1. The van der Waals surface area contributed by atoms with Crippen molar-refractivity contribution >= 4 is 17.9 Å². The van der Waals surface area contributed by atoms with Crippen molar-refractivity contribution in [3.8, 4) is 0 Å². The Kier molecular flexibility index (Phi) is 6.00. The number of guanidine groups is 1. The number of urea groups is 1. The molecule has 0 aromatic heterocycles. The Morgan fingerprint density at radius 1 is 1.41 bits per heavy atom. The lowest BCUT2D eigenvalue weighted by Crippen LogP contribution is -2.47. The monoisotopic (exact) mass is 310 g/mol. The molecule has 0 aromatic carbocycles. The Morgan fingerprint density at radius 2 is 2.23 bits per heavy atom. The van der Waals surface area contributed by atoms with E-state index < -0.39 is 0 Å². The lowest BCUT2D eigenvalue weighted by atomic mass is 10.2. The maximum absolute atomic E-state index is 11.5. The van der Waals surface area contributed by atoms with E-state index in [-0.39, 0.29) is 18.5 Å². The number of imide groups is 1. The molecule has 0 aromatic rings. The predicted molar refractivity (Wildman–Crippen MR) is 84.7 cm³/mol. The largest absolute Gasteiger partial charge is 0.355 e. The maximum Gasteiger partial charge on any atom is 0.324 e. The minimum absolute atomic E-state index is 0.0976. The van der Waals surface area contributed by atoms with Crippen LogP contribution >= 0.6 is 0 Å². The Balaban J connectivity index is 1.69. The fourth-order valence-corrected chi connectivity index (χ4v) is 2.95. The van der Waals surface area contributed by atoms with E-state index in [1.54, 1.807) is 7.05 Å². The van der Waals surface area contributed by atoms with Crippen LogP contribution in [0.3, 0.4) is 0 Å². The Hall–Kier alpha value is -1.83. The highest BCUT2D eigenvalue weighted by molar-refractivity contribution is 6.01. The van der Waals surface area contributed by atoms with Gasteiger partial charge in [0.1, 0.15) is 0 Å². The third-order valence-electron chi connectivity index (χ3n) is 4.20. The summed E-state index contributed by atoms with van der Waals surface area (Å²) in [6.07, 6.45) is 2.46. The number of likely N-dealkylation sites (tertiary alicyclic amines) is 1. The third kappa shape index (κ3) is 4.09. The number of carbonyl (C=O) groups excluding carboxylic acids is 2. The highest BCUT2D eigenvalue weighted by Crippen LogP contribution is 2.15. The summed E-state index contributed by atoms with van der Waals surface area (Å²) in [4.78, 5) is 30.7. The van der Waals surface area contributed by atoms with Gasteiger partial charge in [0.05, 0.1) is 6.54 Å². The zero-order chi connectivity index (χ0) is 15.9. The third-order valence-corrected chi connectivity index (χ3v) is 4.20. The molecule has 2 aliphatic heterocycles. The molecule has 2 aliphatic rings. The topological polar surface area (TPSA) is 89.1 Å². The van der Waals surface area contributed by atoms with Gasteiger partial charge in [-0.15, -0.1) is 0 Å². The number of rotatable bonds is 6. The van der Waals surface area contributed by atoms with Crippen molar-refractivity contribution in [3.05, 3.63) is 0 Å². The standard InChI is InChI=1S/C14H26N6O2/c1-3-19-7-4-5-11(19)9-17-13(15-2)16-6-8-20-12(21)10-18-14(20)22/h11H,3-10H2,1-2H3,(H,18,22)(H2,15,16,17). The highest BCUT2D eigenvalue weighted by Gasteiger charge is 2.27. The average Bonchev–Trinajstić information content (AvgIpc) is 3.10. The number of amides is 3. The van der Waals surface area contributed by atoms with E-state index in [0.29, 0.717) is 25.1 Å².